The Morgan fingerprint density at radius 3 is 2.86 bits per heavy atom. The van der Waals surface area contributed by atoms with Crippen molar-refractivity contribution in [2.24, 2.45) is 0 Å². The van der Waals surface area contributed by atoms with Crippen LogP contribution < -0.4 is 10.2 Å². The quantitative estimate of drug-likeness (QED) is 0.741. The van der Waals surface area contributed by atoms with Gasteiger partial charge in [0.2, 0.25) is 5.65 Å². The number of rotatable bonds is 1. The van der Waals surface area contributed by atoms with Crippen LogP contribution >= 0.6 is 11.6 Å². The molecule has 4 rings (SSSR count). The second-order valence-electron chi connectivity index (χ2n) is 5.29. The molecule has 2 aromatic heterocycles. The molecule has 0 saturated carbocycles. The summed E-state index contributed by atoms with van der Waals surface area (Å²) < 4.78 is 1.97. The van der Waals surface area contributed by atoms with Crippen molar-refractivity contribution in [2.45, 2.75) is 6.92 Å². The molecule has 108 valence electrons. The van der Waals surface area contributed by atoms with Crippen molar-refractivity contribution in [3.8, 4) is 0 Å². The van der Waals surface area contributed by atoms with E-state index < -0.39 is 0 Å². The zero-order valence-electron chi connectivity index (χ0n) is 11.7. The van der Waals surface area contributed by atoms with Gasteiger partial charge in [0.1, 0.15) is 6.33 Å². The molecule has 21 heavy (non-hydrogen) atoms. The lowest BCUT2D eigenvalue weighted by Crippen LogP contribution is -2.44. The van der Waals surface area contributed by atoms with Gasteiger partial charge in [-0.25, -0.2) is 4.98 Å². The lowest BCUT2D eigenvalue weighted by molar-refractivity contribution is 0.586. The zero-order valence-corrected chi connectivity index (χ0v) is 12.4. The first-order valence-electron chi connectivity index (χ1n) is 6.99. The Hall–Kier alpha value is -1.92. The maximum atomic E-state index is 6.18. The van der Waals surface area contributed by atoms with Crippen molar-refractivity contribution in [2.75, 3.05) is 31.1 Å². The second kappa shape index (κ2) is 4.82. The highest BCUT2D eigenvalue weighted by Gasteiger charge is 2.19. The Bertz CT molecular complexity index is 821. The van der Waals surface area contributed by atoms with Crippen LogP contribution in [0.2, 0.25) is 5.02 Å². The van der Waals surface area contributed by atoms with Crippen LogP contribution in [0.3, 0.4) is 0 Å². The Balaban J connectivity index is 2.03. The first kappa shape index (κ1) is 12.8. The highest BCUT2D eigenvalue weighted by Crippen LogP contribution is 2.27. The predicted molar refractivity (Wildman–Crippen MR) is 83.1 cm³/mol. The normalized spacial score (nSPS) is 16.0. The maximum absolute atomic E-state index is 6.18. The van der Waals surface area contributed by atoms with E-state index in [1.807, 2.05) is 23.5 Å². The molecule has 1 aliphatic heterocycles. The van der Waals surface area contributed by atoms with Crippen LogP contribution in [0.25, 0.3) is 16.7 Å². The number of anilines is 1. The van der Waals surface area contributed by atoms with Gasteiger partial charge in [0.25, 0.3) is 0 Å². The highest BCUT2D eigenvalue weighted by molar-refractivity contribution is 6.31. The van der Waals surface area contributed by atoms with E-state index in [9.17, 15) is 0 Å². The molecule has 7 heteroatoms. The van der Waals surface area contributed by atoms with Gasteiger partial charge in [-0.05, 0) is 24.6 Å². The third-order valence-corrected chi connectivity index (χ3v) is 4.10. The summed E-state index contributed by atoms with van der Waals surface area (Å²) >= 11 is 6.18. The van der Waals surface area contributed by atoms with Crippen LogP contribution in [0, 0.1) is 6.92 Å². The van der Waals surface area contributed by atoms with E-state index in [4.69, 9.17) is 16.6 Å². The van der Waals surface area contributed by atoms with E-state index in [0.717, 1.165) is 54.2 Å². The first-order valence-corrected chi connectivity index (χ1v) is 7.37. The minimum absolute atomic E-state index is 0.701. The summed E-state index contributed by atoms with van der Waals surface area (Å²) in [6.45, 7) is 5.79. The van der Waals surface area contributed by atoms with Crippen molar-refractivity contribution in [1.29, 1.82) is 0 Å². The molecule has 6 nitrogen and oxygen atoms in total. The fraction of sp³-hybridized carbons (Fsp3) is 0.357. The van der Waals surface area contributed by atoms with E-state index in [0.29, 0.717) is 5.02 Å². The van der Waals surface area contributed by atoms with Crippen LogP contribution in [0.5, 0.6) is 0 Å². The molecule has 1 saturated heterocycles. The third-order valence-electron chi connectivity index (χ3n) is 3.89. The standard InChI is InChI=1S/C14H15ClN6/c1-9-6-10(15)7-11-12(9)18-13(14-19-17-8-21(11)14)20-4-2-16-3-5-20/h6-8,16H,2-5H2,1H3. The number of aromatic nitrogens is 4. The van der Waals surface area contributed by atoms with Gasteiger partial charge in [-0.1, -0.05) is 11.6 Å². The van der Waals surface area contributed by atoms with E-state index >= 15 is 0 Å². The molecular formula is C14H15ClN6. The first-order chi connectivity index (χ1) is 10.2. The fourth-order valence-corrected chi connectivity index (χ4v) is 3.12. The Kier molecular flexibility index (Phi) is 2.94. The Morgan fingerprint density at radius 2 is 2.05 bits per heavy atom. The Labute approximate surface area is 126 Å². The number of piperazine rings is 1. The van der Waals surface area contributed by atoms with Crippen LogP contribution in [0.4, 0.5) is 5.82 Å². The molecule has 0 aliphatic carbocycles. The van der Waals surface area contributed by atoms with Crippen LogP contribution in [-0.4, -0.2) is 45.8 Å². The highest BCUT2D eigenvalue weighted by atomic mass is 35.5. The van der Waals surface area contributed by atoms with Crippen molar-refractivity contribution in [3.05, 3.63) is 29.0 Å². The van der Waals surface area contributed by atoms with Crippen LogP contribution in [0.15, 0.2) is 18.5 Å². The van der Waals surface area contributed by atoms with E-state index in [1.54, 1.807) is 6.33 Å². The molecule has 0 bridgehead atoms. The summed E-state index contributed by atoms with van der Waals surface area (Å²) in [5, 5.41) is 12.4. The zero-order chi connectivity index (χ0) is 14.4. The van der Waals surface area contributed by atoms with Crippen molar-refractivity contribution < 1.29 is 0 Å². The van der Waals surface area contributed by atoms with Crippen molar-refractivity contribution in [3.63, 3.8) is 0 Å². The van der Waals surface area contributed by atoms with Gasteiger partial charge in [-0.3, -0.25) is 4.40 Å². The average molecular weight is 303 g/mol. The smallest absolute Gasteiger partial charge is 0.204 e. The largest absolute Gasteiger partial charge is 0.351 e. The van der Waals surface area contributed by atoms with Crippen molar-refractivity contribution in [1.82, 2.24) is 24.9 Å². The number of nitrogens with zero attached hydrogens (tertiary/aromatic N) is 5. The molecule has 0 unspecified atom stereocenters. The SMILES string of the molecule is Cc1cc(Cl)cc2c1nc(N1CCNCC1)c1nncn12. The summed E-state index contributed by atoms with van der Waals surface area (Å²) in [4.78, 5) is 7.11. The lowest BCUT2D eigenvalue weighted by Gasteiger charge is -2.28. The van der Waals surface area contributed by atoms with Crippen molar-refractivity contribution >= 4 is 34.1 Å². The molecule has 0 radical (unpaired) electrons. The monoisotopic (exact) mass is 302 g/mol. The van der Waals surface area contributed by atoms with Gasteiger partial charge in [-0.15, -0.1) is 10.2 Å². The topological polar surface area (TPSA) is 58.4 Å². The molecule has 1 N–H and O–H groups in total. The Morgan fingerprint density at radius 1 is 1.24 bits per heavy atom. The predicted octanol–water partition coefficient (Wildman–Crippen LogP) is 1.65. The van der Waals surface area contributed by atoms with Gasteiger partial charge in [0.05, 0.1) is 11.0 Å². The molecular weight excluding hydrogens is 288 g/mol. The molecule has 3 aromatic rings. The van der Waals surface area contributed by atoms with Gasteiger partial charge in [0.15, 0.2) is 5.82 Å². The molecule has 3 heterocycles. The number of hydrogen-bond donors (Lipinski definition) is 1. The van der Waals surface area contributed by atoms with E-state index in [2.05, 4.69) is 20.4 Å². The fourth-order valence-electron chi connectivity index (χ4n) is 2.86. The van der Waals surface area contributed by atoms with E-state index in [1.165, 1.54) is 0 Å². The average Bonchev–Trinajstić information content (AvgIpc) is 2.97. The number of halogens is 1. The minimum atomic E-state index is 0.701. The van der Waals surface area contributed by atoms with Gasteiger partial charge in [0, 0.05) is 31.2 Å². The number of hydrogen-bond acceptors (Lipinski definition) is 5. The summed E-state index contributed by atoms with van der Waals surface area (Å²) in [6, 6.07) is 3.85. The summed E-state index contributed by atoms with van der Waals surface area (Å²) in [6.07, 6.45) is 1.72. The van der Waals surface area contributed by atoms with Crippen LogP contribution in [-0.2, 0) is 0 Å². The number of aryl methyl sites for hydroxylation is 1. The maximum Gasteiger partial charge on any atom is 0.204 e. The minimum Gasteiger partial charge on any atom is -0.351 e. The number of nitrogens with one attached hydrogen (secondary N) is 1. The summed E-state index contributed by atoms with van der Waals surface area (Å²) in [7, 11) is 0. The summed E-state index contributed by atoms with van der Waals surface area (Å²) in [5.41, 5.74) is 3.73. The van der Waals surface area contributed by atoms with E-state index in [-0.39, 0.29) is 0 Å². The molecule has 0 spiro atoms. The van der Waals surface area contributed by atoms with Gasteiger partial charge >= 0.3 is 0 Å². The lowest BCUT2D eigenvalue weighted by atomic mass is 10.2. The third kappa shape index (κ3) is 2.02. The summed E-state index contributed by atoms with van der Waals surface area (Å²) in [5.74, 6) is 0.895. The molecule has 1 aromatic carbocycles. The molecule has 0 amide bonds. The molecule has 1 fully saturated rings. The van der Waals surface area contributed by atoms with Crippen LogP contribution in [0.1, 0.15) is 5.56 Å². The second-order valence-corrected chi connectivity index (χ2v) is 5.72. The number of benzene rings is 1. The molecule has 1 aliphatic rings. The van der Waals surface area contributed by atoms with Gasteiger partial charge < -0.3 is 10.2 Å². The molecule has 0 atom stereocenters. The van der Waals surface area contributed by atoms with Gasteiger partial charge in [-0.2, -0.15) is 0 Å². The number of fused-ring (bicyclic) bond motifs is 3.